The number of hydrogen-bond donors (Lipinski definition) is 1. The Hall–Kier alpha value is -1.90. The quantitative estimate of drug-likeness (QED) is 0.739. The molecule has 3 heteroatoms. The van der Waals surface area contributed by atoms with Crippen molar-refractivity contribution in [3.05, 3.63) is 42.4 Å². The number of rotatable bonds is 1. The van der Waals surface area contributed by atoms with Crippen LogP contribution in [0.5, 0.6) is 0 Å². The molecule has 0 unspecified atom stereocenters. The number of nitrogens with two attached hydrogens (primary N) is 1. The van der Waals surface area contributed by atoms with Gasteiger partial charge in [0.05, 0.1) is 0 Å². The number of aromatic nitrogens is 2. The summed E-state index contributed by atoms with van der Waals surface area (Å²) in [4.78, 5) is 8.16. The van der Waals surface area contributed by atoms with Crippen LogP contribution in [-0.4, -0.2) is 9.97 Å². The van der Waals surface area contributed by atoms with Crippen LogP contribution < -0.4 is 5.73 Å². The van der Waals surface area contributed by atoms with Crippen LogP contribution in [0.1, 0.15) is 5.69 Å². The molecule has 2 aromatic rings. The summed E-state index contributed by atoms with van der Waals surface area (Å²) in [5.41, 5.74) is 8.76. The van der Waals surface area contributed by atoms with Crippen molar-refractivity contribution >= 4 is 5.82 Å². The molecule has 2 N–H and O–H groups in total. The Labute approximate surface area is 82.6 Å². The van der Waals surface area contributed by atoms with Crippen molar-refractivity contribution in [2.45, 2.75) is 6.92 Å². The van der Waals surface area contributed by atoms with Gasteiger partial charge in [0.2, 0.25) is 0 Å². The molecule has 0 fully saturated rings. The standard InChI is InChI=1S/C11H11N3/c1-8-2-3-10(11(12)14-8)9-4-6-13-7-5-9/h2-7H,1H3,(H2,12,14). The van der Waals surface area contributed by atoms with Gasteiger partial charge in [-0.2, -0.15) is 0 Å². The highest BCUT2D eigenvalue weighted by Crippen LogP contribution is 2.23. The molecule has 0 aliphatic heterocycles. The molecule has 0 saturated heterocycles. The molecule has 3 nitrogen and oxygen atoms in total. The molecule has 0 spiro atoms. The summed E-state index contributed by atoms with van der Waals surface area (Å²) in [6.45, 7) is 1.92. The maximum absolute atomic E-state index is 5.82. The maximum atomic E-state index is 5.82. The van der Waals surface area contributed by atoms with E-state index in [4.69, 9.17) is 5.73 Å². The first kappa shape index (κ1) is 8.69. The third-order valence-electron chi connectivity index (χ3n) is 2.06. The number of nitrogens with zero attached hydrogens (tertiary/aromatic N) is 2. The monoisotopic (exact) mass is 185 g/mol. The van der Waals surface area contributed by atoms with E-state index in [1.54, 1.807) is 12.4 Å². The summed E-state index contributed by atoms with van der Waals surface area (Å²) in [5.74, 6) is 0.566. The molecule has 2 heterocycles. The molecule has 0 saturated carbocycles. The van der Waals surface area contributed by atoms with Gasteiger partial charge >= 0.3 is 0 Å². The topological polar surface area (TPSA) is 51.8 Å². The van der Waals surface area contributed by atoms with Crippen molar-refractivity contribution in [1.29, 1.82) is 0 Å². The lowest BCUT2D eigenvalue weighted by atomic mass is 10.1. The van der Waals surface area contributed by atoms with Crippen LogP contribution >= 0.6 is 0 Å². The summed E-state index contributed by atoms with van der Waals surface area (Å²) in [7, 11) is 0. The molecule has 0 bridgehead atoms. The third-order valence-corrected chi connectivity index (χ3v) is 2.06. The third kappa shape index (κ3) is 1.57. The summed E-state index contributed by atoms with van der Waals surface area (Å²) >= 11 is 0. The summed E-state index contributed by atoms with van der Waals surface area (Å²) < 4.78 is 0. The number of aryl methyl sites for hydroxylation is 1. The number of pyridine rings is 2. The molecule has 14 heavy (non-hydrogen) atoms. The van der Waals surface area contributed by atoms with Gasteiger partial charge in [-0.15, -0.1) is 0 Å². The van der Waals surface area contributed by atoms with Crippen molar-refractivity contribution in [3.63, 3.8) is 0 Å². The van der Waals surface area contributed by atoms with Gasteiger partial charge in [0.25, 0.3) is 0 Å². The average Bonchev–Trinajstić information content (AvgIpc) is 2.19. The van der Waals surface area contributed by atoms with Crippen LogP contribution in [0.4, 0.5) is 5.82 Å². The van der Waals surface area contributed by atoms with Crippen LogP contribution in [0.25, 0.3) is 11.1 Å². The van der Waals surface area contributed by atoms with E-state index in [2.05, 4.69) is 9.97 Å². The van der Waals surface area contributed by atoms with Crippen molar-refractivity contribution in [2.75, 3.05) is 5.73 Å². The predicted octanol–water partition coefficient (Wildman–Crippen LogP) is 2.03. The molecular weight excluding hydrogens is 174 g/mol. The van der Waals surface area contributed by atoms with Crippen LogP contribution in [0, 0.1) is 6.92 Å². The van der Waals surface area contributed by atoms with Gasteiger partial charge in [-0.25, -0.2) is 4.98 Å². The number of anilines is 1. The van der Waals surface area contributed by atoms with E-state index >= 15 is 0 Å². The highest BCUT2D eigenvalue weighted by atomic mass is 14.8. The first-order valence-electron chi connectivity index (χ1n) is 4.41. The largest absolute Gasteiger partial charge is 0.383 e. The van der Waals surface area contributed by atoms with E-state index in [1.165, 1.54) is 0 Å². The Bertz CT molecular complexity index is 438. The second-order valence-electron chi connectivity index (χ2n) is 3.12. The Morgan fingerprint density at radius 1 is 1.07 bits per heavy atom. The van der Waals surface area contributed by atoms with Gasteiger partial charge in [-0.1, -0.05) is 0 Å². The zero-order valence-corrected chi connectivity index (χ0v) is 7.94. The highest BCUT2D eigenvalue weighted by Gasteiger charge is 2.02. The first-order chi connectivity index (χ1) is 6.77. The smallest absolute Gasteiger partial charge is 0.131 e. The SMILES string of the molecule is Cc1ccc(-c2ccncc2)c(N)n1. The van der Waals surface area contributed by atoms with Crippen LogP contribution in [0.2, 0.25) is 0 Å². The summed E-state index contributed by atoms with van der Waals surface area (Å²) in [6.07, 6.45) is 3.49. The van der Waals surface area contributed by atoms with Gasteiger partial charge in [0, 0.05) is 23.7 Å². The first-order valence-corrected chi connectivity index (χ1v) is 4.41. The Balaban J connectivity index is 2.53. The minimum absolute atomic E-state index is 0.566. The Morgan fingerprint density at radius 2 is 1.79 bits per heavy atom. The molecule has 0 aliphatic rings. The van der Waals surface area contributed by atoms with Gasteiger partial charge in [-0.05, 0) is 36.8 Å². The maximum Gasteiger partial charge on any atom is 0.131 e. The van der Waals surface area contributed by atoms with E-state index in [-0.39, 0.29) is 0 Å². The molecule has 0 radical (unpaired) electrons. The van der Waals surface area contributed by atoms with Crippen molar-refractivity contribution in [1.82, 2.24) is 9.97 Å². The molecule has 0 aliphatic carbocycles. The van der Waals surface area contributed by atoms with Gasteiger partial charge < -0.3 is 5.73 Å². The highest BCUT2D eigenvalue weighted by molar-refractivity contribution is 5.73. The number of hydrogen-bond acceptors (Lipinski definition) is 3. The van der Waals surface area contributed by atoms with Crippen molar-refractivity contribution in [3.8, 4) is 11.1 Å². The summed E-state index contributed by atoms with van der Waals surface area (Å²) in [6, 6.07) is 7.77. The second-order valence-corrected chi connectivity index (χ2v) is 3.12. The molecule has 2 aromatic heterocycles. The van der Waals surface area contributed by atoms with E-state index < -0.39 is 0 Å². The molecule has 0 amide bonds. The van der Waals surface area contributed by atoms with Crippen molar-refractivity contribution in [2.24, 2.45) is 0 Å². The second kappa shape index (κ2) is 3.46. The molecular formula is C11H11N3. The van der Waals surface area contributed by atoms with Crippen LogP contribution in [0.15, 0.2) is 36.7 Å². The lowest BCUT2D eigenvalue weighted by molar-refractivity contribution is 1.21. The van der Waals surface area contributed by atoms with E-state index in [9.17, 15) is 0 Å². The summed E-state index contributed by atoms with van der Waals surface area (Å²) in [5, 5.41) is 0. The van der Waals surface area contributed by atoms with Crippen LogP contribution in [0.3, 0.4) is 0 Å². The zero-order valence-electron chi connectivity index (χ0n) is 7.94. The fourth-order valence-electron chi connectivity index (χ4n) is 1.35. The lowest BCUT2D eigenvalue weighted by Crippen LogP contribution is -1.95. The molecule has 0 atom stereocenters. The Kier molecular flexibility index (Phi) is 2.14. The van der Waals surface area contributed by atoms with E-state index in [0.29, 0.717) is 5.82 Å². The lowest BCUT2D eigenvalue weighted by Gasteiger charge is -2.04. The number of nitrogen functional groups attached to an aromatic ring is 1. The fraction of sp³-hybridized carbons (Fsp3) is 0.0909. The average molecular weight is 185 g/mol. The minimum Gasteiger partial charge on any atom is -0.383 e. The Morgan fingerprint density at radius 3 is 2.43 bits per heavy atom. The zero-order chi connectivity index (χ0) is 9.97. The normalized spacial score (nSPS) is 10.1. The van der Waals surface area contributed by atoms with Gasteiger partial charge in [-0.3, -0.25) is 4.98 Å². The predicted molar refractivity (Wildman–Crippen MR) is 56.6 cm³/mol. The molecule has 2 rings (SSSR count). The van der Waals surface area contributed by atoms with Crippen molar-refractivity contribution < 1.29 is 0 Å². The van der Waals surface area contributed by atoms with Gasteiger partial charge in [0.15, 0.2) is 0 Å². The fourth-order valence-corrected chi connectivity index (χ4v) is 1.35. The molecule has 70 valence electrons. The van der Waals surface area contributed by atoms with Crippen LogP contribution in [-0.2, 0) is 0 Å². The minimum atomic E-state index is 0.566. The van der Waals surface area contributed by atoms with Gasteiger partial charge in [0.1, 0.15) is 5.82 Å². The van der Waals surface area contributed by atoms with E-state index in [1.807, 2.05) is 31.2 Å². The van der Waals surface area contributed by atoms with E-state index in [0.717, 1.165) is 16.8 Å². The molecule has 0 aromatic carbocycles.